The van der Waals surface area contributed by atoms with Gasteiger partial charge >= 0.3 is 0 Å². The van der Waals surface area contributed by atoms with E-state index in [0.717, 1.165) is 0 Å². The van der Waals surface area contributed by atoms with E-state index in [9.17, 15) is 9.18 Å². The van der Waals surface area contributed by atoms with E-state index in [2.05, 4.69) is 15.5 Å². The largest absolute Gasteiger partial charge is 0.322 e. The predicted molar refractivity (Wildman–Crippen MR) is 96.5 cm³/mol. The van der Waals surface area contributed by atoms with E-state index in [1.165, 1.54) is 12.3 Å². The molecule has 6 nitrogen and oxygen atoms in total. The van der Waals surface area contributed by atoms with E-state index in [1.807, 2.05) is 18.2 Å². The molecule has 0 atom stereocenters. The average Bonchev–Trinajstić information content (AvgIpc) is 3.23. The van der Waals surface area contributed by atoms with Gasteiger partial charge in [-0.15, -0.1) is 0 Å². The van der Waals surface area contributed by atoms with E-state index in [4.69, 9.17) is 0 Å². The number of nitrogens with one attached hydrogen (secondary N) is 1. The second-order valence-corrected chi connectivity index (χ2v) is 6.06. The van der Waals surface area contributed by atoms with Gasteiger partial charge in [-0.1, -0.05) is 6.07 Å². The lowest BCUT2D eigenvalue weighted by Crippen LogP contribution is -2.13. The lowest BCUT2D eigenvalue weighted by molar-refractivity contribution is 0.102. The van der Waals surface area contributed by atoms with Gasteiger partial charge in [-0.2, -0.15) is 10.2 Å². The van der Waals surface area contributed by atoms with Crippen LogP contribution in [0.25, 0.3) is 16.8 Å². The van der Waals surface area contributed by atoms with E-state index in [-0.39, 0.29) is 11.7 Å². The van der Waals surface area contributed by atoms with Crippen LogP contribution in [0.3, 0.4) is 0 Å². The number of halogens is 1. The van der Waals surface area contributed by atoms with Crippen LogP contribution in [0.15, 0.2) is 55.0 Å². The summed E-state index contributed by atoms with van der Waals surface area (Å²) in [5.74, 6) is -0.678. The second-order valence-electron chi connectivity index (χ2n) is 6.06. The first-order chi connectivity index (χ1) is 12.5. The summed E-state index contributed by atoms with van der Waals surface area (Å²) in [6.07, 6.45) is 5.03. The van der Waals surface area contributed by atoms with Crippen LogP contribution in [-0.4, -0.2) is 25.3 Å². The third-order valence-electron chi connectivity index (χ3n) is 4.22. The van der Waals surface area contributed by atoms with Crippen molar-refractivity contribution in [1.82, 2.24) is 19.4 Å². The molecule has 7 heteroatoms. The van der Waals surface area contributed by atoms with Crippen molar-refractivity contribution in [3.8, 4) is 11.3 Å². The number of benzene rings is 1. The number of fused-ring (bicyclic) bond motifs is 1. The lowest BCUT2D eigenvalue weighted by Gasteiger charge is -2.10. The molecule has 0 unspecified atom stereocenters. The van der Waals surface area contributed by atoms with Gasteiger partial charge in [-0.3, -0.25) is 9.48 Å². The number of anilines is 1. The summed E-state index contributed by atoms with van der Waals surface area (Å²) in [5, 5.41) is 11.3. The molecule has 3 heterocycles. The number of pyridine rings is 1. The first-order valence-corrected chi connectivity index (χ1v) is 8.07. The van der Waals surface area contributed by atoms with Crippen LogP contribution in [0.2, 0.25) is 0 Å². The van der Waals surface area contributed by atoms with Gasteiger partial charge in [-0.25, -0.2) is 8.91 Å². The maximum Gasteiger partial charge on any atom is 0.259 e. The number of carbonyl (C=O) groups excluding carboxylic acids is 1. The number of rotatable bonds is 3. The Kier molecular flexibility index (Phi) is 3.76. The normalized spacial score (nSPS) is 11.0. The third-order valence-corrected chi connectivity index (χ3v) is 4.22. The Bertz CT molecular complexity index is 1130. The van der Waals surface area contributed by atoms with Crippen LogP contribution < -0.4 is 5.32 Å². The minimum Gasteiger partial charge on any atom is -0.322 e. The summed E-state index contributed by atoms with van der Waals surface area (Å²) in [4.78, 5) is 12.7. The minimum absolute atomic E-state index is 0.298. The smallest absolute Gasteiger partial charge is 0.259 e. The Hall–Kier alpha value is -3.48. The molecule has 0 aliphatic carbocycles. The average molecular weight is 349 g/mol. The van der Waals surface area contributed by atoms with Crippen molar-refractivity contribution >= 4 is 17.1 Å². The van der Waals surface area contributed by atoms with Crippen molar-refractivity contribution in [3.05, 3.63) is 71.9 Å². The molecule has 1 N–H and O–H groups in total. The zero-order chi connectivity index (χ0) is 18.3. The highest BCUT2D eigenvalue weighted by Gasteiger charge is 2.16. The highest BCUT2D eigenvalue weighted by molar-refractivity contribution is 6.09. The number of carbonyl (C=O) groups is 1. The molecule has 0 spiro atoms. The highest BCUT2D eigenvalue weighted by Crippen LogP contribution is 2.28. The first-order valence-electron chi connectivity index (χ1n) is 8.07. The van der Waals surface area contributed by atoms with Gasteiger partial charge < -0.3 is 5.32 Å². The van der Waals surface area contributed by atoms with E-state index < -0.39 is 0 Å². The number of aryl methyl sites for hydroxylation is 2. The van der Waals surface area contributed by atoms with Crippen molar-refractivity contribution in [3.63, 3.8) is 0 Å². The van der Waals surface area contributed by atoms with Crippen LogP contribution in [0.5, 0.6) is 0 Å². The Morgan fingerprint density at radius 1 is 1.19 bits per heavy atom. The molecule has 4 aromatic rings. The SMILES string of the molecule is Cc1cc(F)c(-c2ccn(C)n2)cc1NC(=O)c1cnn2ccccc12. The van der Waals surface area contributed by atoms with Crippen LogP contribution in [0.4, 0.5) is 10.1 Å². The van der Waals surface area contributed by atoms with Crippen LogP contribution in [-0.2, 0) is 7.05 Å². The number of amides is 1. The molecular weight excluding hydrogens is 333 g/mol. The zero-order valence-corrected chi connectivity index (χ0v) is 14.3. The first kappa shape index (κ1) is 16.0. The molecule has 0 radical (unpaired) electrons. The summed E-state index contributed by atoms with van der Waals surface area (Å²) in [6, 6.07) is 10.2. The molecule has 0 aliphatic heterocycles. The Labute approximate surface area is 148 Å². The van der Waals surface area contributed by atoms with Gasteiger partial charge in [0.25, 0.3) is 5.91 Å². The molecule has 0 aliphatic rings. The minimum atomic E-state index is -0.379. The van der Waals surface area contributed by atoms with Crippen molar-refractivity contribution in [2.75, 3.05) is 5.32 Å². The Balaban J connectivity index is 1.70. The fraction of sp³-hybridized carbons (Fsp3) is 0.105. The van der Waals surface area contributed by atoms with Gasteiger partial charge in [0.05, 0.1) is 23.0 Å². The lowest BCUT2D eigenvalue weighted by atomic mass is 10.1. The Morgan fingerprint density at radius 3 is 2.81 bits per heavy atom. The van der Waals surface area contributed by atoms with Crippen LogP contribution in [0, 0.1) is 12.7 Å². The van der Waals surface area contributed by atoms with Gasteiger partial charge in [0, 0.05) is 30.7 Å². The standard InChI is InChI=1S/C19H16FN5O/c1-12-9-15(20)13(16-6-8-24(2)23-16)10-17(12)22-19(26)14-11-21-25-7-4-3-5-18(14)25/h3-11H,1-2H3,(H,22,26). The molecular formula is C19H16FN5O. The van der Waals surface area contributed by atoms with E-state index in [0.29, 0.717) is 33.6 Å². The second kappa shape index (κ2) is 6.11. The van der Waals surface area contributed by atoms with E-state index >= 15 is 0 Å². The Morgan fingerprint density at radius 2 is 2.04 bits per heavy atom. The molecule has 3 aromatic heterocycles. The van der Waals surface area contributed by atoms with Crippen molar-refractivity contribution < 1.29 is 9.18 Å². The van der Waals surface area contributed by atoms with Gasteiger partial charge in [-0.05, 0) is 42.8 Å². The fourth-order valence-electron chi connectivity index (χ4n) is 2.86. The van der Waals surface area contributed by atoms with Crippen LogP contribution in [0.1, 0.15) is 15.9 Å². The molecule has 0 fully saturated rings. The monoisotopic (exact) mass is 349 g/mol. The summed E-state index contributed by atoms with van der Waals surface area (Å²) in [6.45, 7) is 1.75. The third kappa shape index (κ3) is 2.73. The zero-order valence-electron chi connectivity index (χ0n) is 14.3. The van der Waals surface area contributed by atoms with Crippen LogP contribution >= 0.6 is 0 Å². The van der Waals surface area contributed by atoms with Gasteiger partial charge in [0.1, 0.15) is 5.82 Å². The van der Waals surface area contributed by atoms with Crippen molar-refractivity contribution in [1.29, 1.82) is 0 Å². The quantitative estimate of drug-likeness (QED) is 0.616. The predicted octanol–water partition coefficient (Wildman–Crippen LogP) is 3.43. The number of hydrogen-bond acceptors (Lipinski definition) is 3. The molecule has 130 valence electrons. The van der Waals surface area contributed by atoms with Gasteiger partial charge in [0.2, 0.25) is 0 Å². The number of nitrogens with zero attached hydrogens (tertiary/aromatic N) is 4. The molecule has 26 heavy (non-hydrogen) atoms. The maximum atomic E-state index is 14.4. The molecule has 1 aromatic carbocycles. The summed E-state index contributed by atoms with van der Waals surface area (Å²) in [5.41, 5.74) is 3.17. The van der Waals surface area contributed by atoms with Gasteiger partial charge in [0.15, 0.2) is 0 Å². The topological polar surface area (TPSA) is 64.2 Å². The van der Waals surface area contributed by atoms with E-state index in [1.54, 1.807) is 47.7 Å². The van der Waals surface area contributed by atoms with Crippen molar-refractivity contribution in [2.24, 2.45) is 7.05 Å². The number of hydrogen-bond donors (Lipinski definition) is 1. The molecule has 1 amide bonds. The highest BCUT2D eigenvalue weighted by atomic mass is 19.1. The molecule has 0 bridgehead atoms. The fourth-order valence-corrected chi connectivity index (χ4v) is 2.86. The summed E-state index contributed by atoms with van der Waals surface area (Å²) < 4.78 is 17.6. The number of aromatic nitrogens is 4. The molecule has 0 saturated carbocycles. The molecule has 0 saturated heterocycles. The molecule has 4 rings (SSSR count). The summed E-state index contributed by atoms with van der Waals surface area (Å²) in [7, 11) is 1.77. The maximum absolute atomic E-state index is 14.4. The summed E-state index contributed by atoms with van der Waals surface area (Å²) >= 11 is 0. The van der Waals surface area contributed by atoms with Crippen molar-refractivity contribution in [2.45, 2.75) is 6.92 Å².